The van der Waals surface area contributed by atoms with Crippen LogP contribution < -0.4 is 20.6 Å². The lowest BCUT2D eigenvalue weighted by molar-refractivity contribution is -0.665. The maximum absolute atomic E-state index is 9.67. The molecule has 2 aromatic carbocycles. The second-order valence-electron chi connectivity index (χ2n) is 5.46. The van der Waals surface area contributed by atoms with Crippen molar-refractivity contribution in [2.75, 3.05) is 12.7 Å². The van der Waals surface area contributed by atoms with E-state index in [0.717, 1.165) is 6.04 Å². The molecule has 1 aliphatic rings. The van der Waals surface area contributed by atoms with Gasteiger partial charge < -0.3 is 10.0 Å². The van der Waals surface area contributed by atoms with Gasteiger partial charge in [0, 0.05) is 19.0 Å². The molecule has 1 aliphatic heterocycles. The number of quaternary nitrogens is 1. The molecule has 0 saturated carbocycles. The highest BCUT2D eigenvalue weighted by atomic mass is 31.1. The number of benzene rings is 2. The lowest BCUT2D eigenvalue weighted by Gasteiger charge is -2.20. The first-order valence-electron chi connectivity index (χ1n) is 7.80. The number of hydrogen-bond acceptors (Lipinski definition) is 0. The summed E-state index contributed by atoms with van der Waals surface area (Å²) in [5, 5.41) is 5.58. The van der Waals surface area contributed by atoms with Crippen LogP contribution in [0.25, 0.3) is 0 Å². The van der Waals surface area contributed by atoms with E-state index in [1.807, 2.05) is 0 Å². The summed E-state index contributed by atoms with van der Waals surface area (Å²) in [6.07, 6.45) is 4.10. The van der Waals surface area contributed by atoms with Gasteiger partial charge in [0.1, 0.15) is 0 Å². The monoisotopic (exact) mass is 357 g/mol. The van der Waals surface area contributed by atoms with E-state index in [-0.39, 0.29) is 12.6 Å². The average molecular weight is 357 g/mol. The minimum atomic E-state index is -3.67. The van der Waals surface area contributed by atoms with Gasteiger partial charge in [0.05, 0.1) is 12.6 Å². The second-order valence-corrected chi connectivity index (χ2v) is 7.71. The number of rotatable bonds is 4. The molecule has 24 heavy (non-hydrogen) atoms. The van der Waals surface area contributed by atoms with Crippen molar-refractivity contribution >= 4 is 26.1 Å². The molecule has 130 valence electrons. The van der Waals surface area contributed by atoms with Gasteiger partial charge in [-0.15, -0.1) is 0 Å². The minimum Gasteiger partial charge on any atom is -1.00 e. The molecule has 0 radical (unpaired) electrons. The van der Waals surface area contributed by atoms with Gasteiger partial charge in [-0.25, -0.2) is 0 Å². The van der Waals surface area contributed by atoms with E-state index in [9.17, 15) is 12.9 Å². The molecule has 0 spiro atoms. The molecule has 1 heterocycles. The summed E-state index contributed by atoms with van der Waals surface area (Å²) in [5.74, 6) is 0. The molecule has 1 fully saturated rings. The molecular weight excluding hydrogens is 336 g/mol. The SMILES string of the molecule is FB(F)F.[F-].c1ccc(P(C[C@@H]2CCC[NH2+]2)c2ccccc2)cc1. The fourth-order valence-electron chi connectivity index (χ4n) is 2.83. The van der Waals surface area contributed by atoms with Crippen molar-refractivity contribution in [1.29, 1.82) is 0 Å². The van der Waals surface area contributed by atoms with Crippen LogP contribution in [0.5, 0.6) is 0 Å². The summed E-state index contributed by atoms with van der Waals surface area (Å²) in [6.45, 7) is 1.32. The molecule has 0 bridgehead atoms. The lowest BCUT2D eigenvalue weighted by atomic mass is 10.3. The third-order valence-electron chi connectivity index (χ3n) is 3.83. The zero-order chi connectivity index (χ0) is 16.5. The Morgan fingerprint density at radius 3 is 1.75 bits per heavy atom. The molecule has 0 unspecified atom stereocenters. The van der Waals surface area contributed by atoms with Gasteiger partial charge in [-0.2, -0.15) is 0 Å². The predicted molar refractivity (Wildman–Crippen MR) is 92.8 cm³/mol. The maximum atomic E-state index is 9.67. The molecule has 0 aliphatic carbocycles. The molecular formula is C17H21BF4NP. The van der Waals surface area contributed by atoms with E-state index >= 15 is 0 Å². The molecule has 0 aromatic heterocycles. The number of hydrogen-bond donors (Lipinski definition) is 1. The number of halogens is 4. The van der Waals surface area contributed by atoms with Gasteiger partial charge >= 0.3 is 7.54 Å². The second kappa shape index (κ2) is 11.2. The van der Waals surface area contributed by atoms with E-state index < -0.39 is 7.54 Å². The van der Waals surface area contributed by atoms with Crippen molar-refractivity contribution in [3.05, 3.63) is 60.7 Å². The minimum absolute atomic E-state index is 0. The van der Waals surface area contributed by atoms with Crippen molar-refractivity contribution in [3.8, 4) is 0 Å². The summed E-state index contributed by atoms with van der Waals surface area (Å²) in [6, 6.07) is 22.9. The van der Waals surface area contributed by atoms with Crippen molar-refractivity contribution in [2.45, 2.75) is 18.9 Å². The summed E-state index contributed by atoms with van der Waals surface area (Å²) < 4.78 is 29.0. The Hall–Kier alpha value is -1.39. The van der Waals surface area contributed by atoms with Gasteiger partial charge in [-0.05, 0) is 18.5 Å². The van der Waals surface area contributed by atoms with Gasteiger partial charge in [-0.3, -0.25) is 12.9 Å². The fraction of sp³-hybridized carbons (Fsp3) is 0.294. The first-order chi connectivity index (χ1) is 11.2. The molecule has 3 rings (SSSR count). The van der Waals surface area contributed by atoms with Crippen molar-refractivity contribution in [3.63, 3.8) is 0 Å². The molecule has 1 nitrogen and oxygen atoms in total. The molecule has 2 aromatic rings. The fourth-order valence-corrected chi connectivity index (χ4v) is 5.41. The van der Waals surface area contributed by atoms with Crippen LogP contribution in [0.15, 0.2) is 60.7 Å². The Kier molecular flexibility index (Phi) is 9.66. The first kappa shape index (κ1) is 20.7. The van der Waals surface area contributed by atoms with Crippen LogP contribution in [0.1, 0.15) is 12.8 Å². The van der Waals surface area contributed by atoms with E-state index in [2.05, 4.69) is 66.0 Å². The van der Waals surface area contributed by atoms with Gasteiger partial charge in [-0.1, -0.05) is 60.7 Å². The largest absolute Gasteiger partial charge is 1.00 e. The predicted octanol–water partition coefficient (Wildman–Crippen LogP) is -0.271. The van der Waals surface area contributed by atoms with Crippen LogP contribution in [0, 0.1) is 0 Å². The van der Waals surface area contributed by atoms with Gasteiger partial charge in [0.25, 0.3) is 0 Å². The number of nitrogens with two attached hydrogens (primary N) is 1. The summed E-state index contributed by atoms with van der Waals surface area (Å²) >= 11 is 0. The third-order valence-corrected chi connectivity index (χ3v) is 6.51. The van der Waals surface area contributed by atoms with Crippen LogP contribution in [-0.4, -0.2) is 26.3 Å². The Labute approximate surface area is 142 Å². The van der Waals surface area contributed by atoms with Crippen LogP contribution in [0.2, 0.25) is 0 Å². The highest BCUT2D eigenvalue weighted by Gasteiger charge is 2.24. The van der Waals surface area contributed by atoms with Gasteiger partial charge in [0.15, 0.2) is 0 Å². The zero-order valence-corrected chi connectivity index (χ0v) is 14.2. The smallest absolute Gasteiger partial charge is 0.762 e. The van der Waals surface area contributed by atoms with E-state index in [1.54, 1.807) is 0 Å². The van der Waals surface area contributed by atoms with Gasteiger partial charge in [0.2, 0.25) is 0 Å². The van der Waals surface area contributed by atoms with Crippen molar-refractivity contribution < 1.29 is 23.0 Å². The van der Waals surface area contributed by atoms with E-state index in [1.165, 1.54) is 36.2 Å². The average Bonchev–Trinajstić information content (AvgIpc) is 3.07. The Bertz CT molecular complexity index is 511. The van der Waals surface area contributed by atoms with Crippen LogP contribution in [-0.2, 0) is 0 Å². The Morgan fingerprint density at radius 2 is 1.38 bits per heavy atom. The molecule has 1 atom stereocenters. The van der Waals surface area contributed by atoms with E-state index in [4.69, 9.17) is 0 Å². The van der Waals surface area contributed by atoms with Crippen molar-refractivity contribution in [2.24, 2.45) is 0 Å². The highest BCUT2D eigenvalue weighted by Crippen LogP contribution is 2.34. The lowest BCUT2D eigenvalue weighted by Crippen LogP contribution is -3.00. The molecule has 1 saturated heterocycles. The highest BCUT2D eigenvalue weighted by molar-refractivity contribution is 7.73. The third kappa shape index (κ3) is 7.02. The Balaban J connectivity index is 0.000000522. The van der Waals surface area contributed by atoms with E-state index in [0.29, 0.717) is 0 Å². The van der Waals surface area contributed by atoms with Crippen LogP contribution in [0.3, 0.4) is 0 Å². The molecule has 0 amide bonds. The van der Waals surface area contributed by atoms with Crippen LogP contribution >= 0.6 is 7.92 Å². The van der Waals surface area contributed by atoms with Crippen LogP contribution in [0.4, 0.5) is 12.9 Å². The first-order valence-corrected chi connectivity index (χ1v) is 9.32. The zero-order valence-electron chi connectivity index (χ0n) is 13.3. The molecule has 7 heteroatoms. The summed E-state index contributed by atoms with van der Waals surface area (Å²) in [7, 11) is -3.86. The normalized spacial score (nSPS) is 16.1. The van der Waals surface area contributed by atoms with Crippen molar-refractivity contribution in [1.82, 2.24) is 0 Å². The molecule has 2 N–H and O–H groups in total. The quantitative estimate of drug-likeness (QED) is 0.441. The summed E-state index contributed by atoms with van der Waals surface area (Å²) in [5.41, 5.74) is 0. The summed E-state index contributed by atoms with van der Waals surface area (Å²) in [4.78, 5) is 0. The topological polar surface area (TPSA) is 16.6 Å². The maximum Gasteiger partial charge on any atom is 0.762 e. The standard InChI is InChI=1S/C17H20NP.BF3.FH/c1-3-9-16(10-4-1)19(14-15-8-7-13-18-15)17-11-5-2-6-12-17;2-1(3)4;/h1-6,9-12,15,18H,7-8,13-14H2;;1H/t15-;;/m0../s1. The Morgan fingerprint density at radius 1 is 0.917 bits per heavy atom.